The average Bonchev–Trinajstić information content (AvgIpc) is 3.21. The highest BCUT2D eigenvalue weighted by molar-refractivity contribution is 6.06. The molecule has 12 nitrogen and oxygen atoms in total. The summed E-state index contributed by atoms with van der Waals surface area (Å²) in [5.41, 5.74) is 0.795. The summed E-state index contributed by atoms with van der Waals surface area (Å²) in [4.78, 5) is 51.8. The van der Waals surface area contributed by atoms with E-state index >= 15 is 0 Å². The Morgan fingerprint density at radius 3 is 2.42 bits per heavy atom. The van der Waals surface area contributed by atoms with Crippen molar-refractivity contribution in [1.29, 1.82) is 0 Å². The molecule has 1 aromatic carbocycles. The van der Waals surface area contributed by atoms with Gasteiger partial charge in [0.2, 0.25) is 11.8 Å². The van der Waals surface area contributed by atoms with Gasteiger partial charge in [-0.15, -0.1) is 5.10 Å². The standard InChI is InChI=1S/C21H27N7O5/c1-3-10-28-12-16(29)22-14(11-13-8-6-5-7-9-13)17(30)23-19(31)24-20(32)25-21-27-26-18(33-21)15(28)4-2/h5-9,14-15H,3-4,10-12H2,1-2H3,(H,22,29)(H3,23,24,25,27,30,31,32)/t14-,15?/m0/s1. The monoisotopic (exact) mass is 457 g/mol. The number of urea groups is 2. The molecular weight excluding hydrogens is 430 g/mol. The van der Waals surface area contributed by atoms with E-state index in [9.17, 15) is 19.2 Å². The van der Waals surface area contributed by atoms with Crippen LogP contribution >= 0.6 is 0 Å². The number of rotatable bonds is 5. The van der Waals surface area contributed by atoms with Gasteiger partial charge in [0, 0.05) is 6.42 Å². The van der Waals surface area contributed by atoms with Crippen LogP contribution in [0.4, 0.5) is 15.6 Å². The van der Waals surface area contributed by atoms with Crippen molar-refractivity contribution in [1.82, 2.24) is 31.0 Å². The fourth-order valence-electron chi connectivity index (χ4n) is 3.59. The summed E-state index contributed by atoms with van der Waals surface area (Å²) < 4.78 is 5.54. The van der Waals surface area contributed by atoms with Crippen molar-refractivity contribution < 1.29 is 23.6 Å². The Labute approximate surface area is 190 Å². The van der Waals surface area contributed by atoms with Crippen LogP contribution in [0.25, 0.3) is 0 Å². The number of hydrogen-bond donors (Lipinski definition) is 4. The molecule has 0 fully saturated rings. The van der Waals surface area contributed by atoms with Crippen LogP contribution < -0.4 is 21.3 Å². The van der Waals surface area contributed by atoms with Gasteiger partial charge in [0.25, 0.3) is 5.91 Å². The van der Waals surface area contributed by atoms with E-state index in [-0.39, 0.29) is 30.9 Å². The molecule has 2 atom stereocenters. The molecule has 1 aliphatic rings. The Bertz CT molecular complexity index is 994. The molecule has 12 heteroatoms. The highest BCUT2D eigenvalue weighted by atomic mass is 16.4. The maximum atomic E-state index is 12.9. The number of anilines is 1. The number of imide groups is 2. The van der Waals surface area contributed by atoms with Gasteiger partial charge in [0.05, 0.1) is 12.6 Å². The van der Waals surface area contributed by atoms with Gasteiger partial charge in [-0.2, -0.15) is 0 Å². The SMILES string of the molecule is CCCN1CC(=O)N[C@@H](Cc2ccccc2)C(=O)NC(=O)NC(=O)Nc2nnc(o2)C1CC. The van der Waals surface area contributed by atoms with Crippen LogP contribution in [-0.2, 0) is 16.0 Å². The smallest absolute Gasteiger partial charge is 0.330 e. The van der Waals surface area contributed by atoms with Gasteiger partial charge in [0.1, 0.15) is 6.04 Å². The van der Waals surface area contributed by atoms with Crippen LogP contribution in [0, 0.1) is 0 Å². The molecule has 33 heavy (non-hydrogen) atoms. The first-order valence-corrected chi connectivity index (χ1v) is 10.7. The molecule has 0 spiro atoms. The number of nitrogens with zero attached hydrogens (tertiary/aromatic N) is 3. The number of benzene rings is 1. The first-order valence-electron chi connectivity index (χ1n) is 10.7. The Balaban J connectivity index is 1.90. The third kappa shape index (κ3) is 6.59. The van der Waals surface area contributed by atoms with Gasteiger partial charge >= 0.3 is 18.1 Å². The van der Waals surface area contributed by atoms with E-state index in [1.807, 2.05) is 54.4 Å². The lowest BCUT2D eigenvalue weighted by atomic mass is 10.1. The lowest BCUT2D eigenvalue weighted by Gasteiger charge is -2.28. The molecule has 1 aromatic heterocycles. The number of aromatic nitrogens is 2. The maximum absolute atomic E-state index is 12.9. The van der Waals surface area contributed by atoms with Crippen LogP contribution in [0.1, 0.15) is 44.2 Å². The van der Waals surface area contributed by atoms with Crippen molar-refractivity contribution >= 4 is 29.9 Å². The van der Waals surface area contributed by atoms with E-state index < -0.39 is 29.9 Å². The number of amides is 6. The third-order valence-electron chi connectivity index (χ3n) is 5.03. The quantitative estimate of drug-likeness (QED) is 0.523. The first kappa shape index (κ1) is 23.9. The Hall–Kier alpha value is -3.80. The summed E-state index contributed by atoms with van der Waals surface area (Å²) in [6.45, 7) is 4.42. The number of fused-ring (bicyclic) bond motifs is 2. The van der Waals surface area contributed by atoms with E-state index in [0.29, 0.717) is 13.0 Å². The van der Waals surface area contributed by atoms with Crippen molar-refractivity contribution in [3.8, 4) is 0 Å². The van der Waals surface area contributed by atoms with E-state index in [1.54, 1.807) is 0 Å². The molecular formula is C21H27N7O5. The maximum Gasteiger partial charge on any atom is 0.330 e. The summed E-state index contributed by atoms with van der Waals surface area (Å²) in [6.07, 6.45) is 1.48. The normalized spacial score (nSPS) is 20.7. The topological polar surface area (TPSA) is 159 Å². The Morgan fingerprint density at radius 2 is 1.73 bits per heavy atom. The second-order valence-corrected chi connectivity index (χ2v) is 7.55. The highest BCUT2D eigenvalue weighted by Crippen LogP contribution is 2.24. The minimum atomic E-state index is -1.06. The number of hydrogen-bond acceptors (Lipinski definition) is 8. The van der Waals surface area contributed by atoms with Crippen molar-refractivity contribution in [2.24, 2.45) is 0 Å². The molecule has 2 heterocycles. The van der Waals surface area contributed by atoms with Crippen molar-refractivity contribution in [3.05, 3.63) is 41.8 Å². The minimum Gasteiger partial charge on any atom is -0.406 e. The molecule has 6 amide bonds. The summed E-state index contributed by atoms with van der Waals surface area (Å²) in [5, 5.41) is 16.8. The van der Waals surface area contributed by atoms with Gasteiger partial charge < -0.3 is 9.73 Å². The van der Waals surface area contributed by atoms with E-state index in [1.165, 1.54) is 0 Å². The van der Waals surface area contributed by atoms with Crippen LogP contribution in [0.2, 0.25) is 0 Å². The lowest BCUT2D eigenvalue weighted by Crippen LogP contribution is -2.54. The van der Waals surface area contributed by atoms with E-state index in [4.69, 9.17) is 4.42 Å². The van der Waals surface area contributed by atoms with E-state index in [2.05, 4.69) is 26.1 Å². The molecule has 176 valence electrons. The van der Waals surface area contributed by atoms with Gasteiger partial charge in [-0.3, -0.25) is 30.4 Å². The fourth-order valence-corrected chi connectivity index (χ4v) is 3.59. The molecule has 2 bridgehead atoms. The molecule has 3 rings (SSSR count). The van der Waals surface area contributed by atoms with Crippen LogP contribution in [0.5, 0.6) is 0 Å². The molecule has 0 saturated carbocycles. The average molecular weight is 457 g/mol. The van der Waals surface area contributed by atoms with Gasteiger partial charge in [0.15, 0.2) is 0 Å². The van der Waals surface area contributed by atoms with Crippen LogP contribution in [-0.4, -0.2) is 58.1 Å². The molecule has 1 unspecified atom stereocenters. The number of carbonyl (C=O) groups is 4. The zero-order valence-electron chi connectivity index (χ0n) is 18.5. The Kier molecular flexibility index (Phi) is 8.08. The van der Waals surface area contributed by atoms with Crippen molar-refractivity contribution in [3.63, 3.8) is 0 Å². The van der Waals surface area contributed by atoms with Crippen molar-refractivity contribution in [2.45, 2.75) is 45.2 Å². The molecule has 2 aromatic rings. The van der Waals surface area contributed by atoms with Crippen molar-refractivity contribution in [2.75, 3.05) is 18.4 Å². The molecule has 0 aliphatic carbocycles. The lowest BCUT2D eigenvalue weighted by molar-refractivity contribution is -0.129. The third-order valence-corrected chi connectivity index (χ3v) is 5.03. The van der Waals surface area contributed by atoms with E-state index in [0.717, 1.165) is 12.0 Å². The molecule has 0 saturated heterocycles. The highest BCUT2D eigenvalue weighted by Gasteiger charge is 2.29. The van der Waals surface area contributed by atoms with Gasteiger partial charge in [-0.1, -0.05) is 49.3 Å². The second-order valence-electron chi connectivity index (χ2n) is 7.55. The van der Waals surface area contributed by atoms with Crippen LogP contribution in [0.3, 0.4) is 0 Å². The summed E-state index contributed by atoms with van der Waals surface area (Å²) in [7, 11) is 0. The van der Waals surface area contributed by atoms with Gasteiger partial charge in [-0.05, 0) is 24.9 Å². The van der Waals surface area contributed by atoms with Gasteiger partial charge in [-0.25, -0.2) is 9.59 Å². The second kappa shape index (κ2) is 11.2. The Morgan fingerprint density at radius 1 is 1.00 bits per heavy atom. The summed E-state index contributed by atoms with van der Waals surface area (Å²) >= 11 is 0. The molecule has 1 aliphatic heterocycles. The fraction of sp³-hybridized carbons (Fsp3) is 0.429. The number of nitrogens with one attached hydrogen (secondary N) is 4. The molecule has 4 N–H and O–H groups in total. The number of carbonyl (C=O) groups excluding carboxylic acids is 4. The minimum absolute atomic E-state index is 0.0266. The molecule has 0 radical (unpaired) electrons. The summed E-state index contributed by atoms with van der Waals surface area (Å²) in [6, 6.07) is 5.45. The first-order chi connectivity index (χ1) is 15.9. The predicted molar refractivity (Wildman–Crippen MR) is 117 cm³/mol. The largest absolute Gasteiger partial charge is 0.406 e. The zero-order chi connectivity index (χ0) is 23.8. The predicted octanol–water partition coefficient (Wildman–Crippen LogP) is 1.33. The zero-order valence-corrected chi connectivity index (χ0v) is 18.5. The summed E-state index contributed by atoms with van der Waals surface area (Å²) in [5.74, 6) is -0.923. The van der Waals surface area contributed by atoms with Crippen LogP contribution in [0.15, 0.2) is 34.7 Å².